The van der Waals surface area contributed by atoms with E-state index >= 15 is 0 Å². The van der Waals surface area contributed by atoms with Gasteiger partial charge in [-0.15, -0.1) is 22.7 Å². The summed E-state index contributed by atoms with van der Waals surface area (Å²) >= 11 is 3.46. The van der Waals surface area contributed by atoms with E-state index in [0.29, 0.717) is 19.8 Å². The number of hydrogen-bond donors (Lipinski definition) is 1. The van der Waals surface area contributed by atoms with Crippen molar-refractivity contribution >= 4 is 49.1 Å². The van der Waals surface area contributed by atoms with Crippen molar-refractivity contribution in [3.05, 3.63) is 52.7 Å². The van der Waals surface area contributed by atoms with Gasteiger partial charge in [-0.25, -0.2) is 0 Å². The van der Waals surface area contributed by atoms with Crippen LogP contribution in [0, 0.1) is 0 Å². The number of aliphatic carboxylic acids is 1. The number of thiophene rings is 2. The average molecular weight is 446 g/mol. The molecule has 8 heteroatoms. The van der Waals surface area contributed by atoms with E-state index in [0.717, 1.165) is 11.3 Å². The Morgan fingerprint density at radius 2 is 1.73 bits per heavy atom. The van der Waals surface area contributed by atoms with Crippen molar-refractivity contribution < 1.29 is 24.1 Å². The zero-order chi connectivity index (χ0) is 20.9. The van der Waals surface area contributed by atoms with Crippen LogP contribution in [0.3, 0.4) is 0 Å². The Morgan fingerprint density at radius 3 is 2.33 bits per heavy atom. The van der Waals surface area contributed by atoms with Gasteiger partial charge in [0.25, 0.3) is 0 Å². The van der Waals surface area contributed by atoms with Gasteiger partial charge in [-0.1, -0.05) is 12.1 Å². The zero-order valence-electron chi connectivity index (χ0n) is 16.6. The van der Waals surface area contributed by atoms with Crippen molar-refractivity contribution in [1.82, 2.24) is 4.57 Å². The second-order valence-corrected chi connectivity index (χ2v) is 8.69. The Balaban J connectivity index is 1.34. The maximum Gasteiger partial charge on any atom is 0.305 e. The van der Waals surface area contributed by atoms with Crippen LogP contribution in [0.2, 0.25) is 0 Å². The predicted octanol–water partition coefficient (Wildman–Crippen LogP) is 5.00. The molecule has 0 saturated heterocycles. The summed E-state index contributed by atoms with van der Waals surface area (Å²) < 4.78 is 19.1. The summed E-state index contributed by atoms with van der Waals surface area (Å²) in [5.74, 6) is -0.0485. The van der Waals surface area contributed by atoms with E-state index in [-0.39, 0.29) is 19.1 Å². The van der Waals surface area contributed by atoms with E-state index in [2.05, 4.69) is 27.5 Å². The van der Waals surface area contributed by atoms with Crippen LogP contribution in [0.5, 0.6) is 5.75 Å². The van der Waals surface area contributed by atoms with Gasteiger partial charge in [-0.05, 0) is 40.6 Å². The highest BCUT2D eigenvalue weighted by Gasteiger charge is 2.13. The smallest absolute Gasteiger partial charge is 0.305 e. The quantitative estimate of drug-likeness (QED) is 0.329. The highest BCUT2D eigenvalue weighted by atomic mass is 32.1. The molecule has 6 nitrogen and oxygen atoms in total. The molecule has 158 valence electrons. The van der Waals surface area contributed by atoms with Gasteiger partial charge >= 0.3 is 5.97 Å². The van der Waals surface area contributed by atoms with Gasteiger partial charge in [0.05, 0.1) is 25.7 Å². The van der Waals surface area contributed by atoms with Gasteiger partial charge in [0.2, 0.25) is 0 Å². The minimum atomic E-state index is -0.862. The Labute approximate surface area is 182 Å². The van der Waals surface area contributed by atoms with E-state index in [1.54, 1.807) is 29.8 Å². The monoisotopic (exact) mass is 445 g/mol. The topological polar surface area (TPSA) is 69.9 Å². The minimum absolute atomic E-state index is 0.000577. The van der Waals surface area contributed by atoms with E-state index < -0.39 is 5.97 Å². The second kappa shape index (κ2) is 9.61. The molecule has 1 unspecified atom stereocenters. The van der Waals surface area contributed by atoms with Crippen molar-refractivity contribution in [3.8, 4) is 5.75 Å². The molecule has 4 aromatic rings. The van der Waals surface area contributed by atoms with Crippen molar-refractivity contribution in [1.29, 1.82) is 0 Å². The first-order valence-electron chi connectivity index (χ1n) is 9.62. The molecule has 4 rings (SSSR count). The number of fused-ring (bicyclic) bond motifs is 3. The highest BCUT2D eigenvalue weighted by molar-refractivity contribution is 7.19. The molecule has 0 aliphatic carbocycles. The molecule has 0 radical (unpaired) electrons. The second-order valence-electron chi connectivity index (χ2n) is 6.90. The number of carbonyl (C=O) groups is 1. The molecule has 1 N–H and O–H groups in total. The molecule has 0 spiro atoms. The average Bonchev–Trinajstić information content (AvgIpc) is 3.45. The lowest BCUT2D eigenvalue weighted by Gasteiger charge is -2.16. The zero-order valence-corrected chi connectivity index (χ0v) is 18.2. The van der Waals surface area contributed by atoms with Gasteiger partial charge in [0.1, 0.15) is 15.4 Å². The third-order valence-electron chi connectivity index (χ3n) is 4.91. The van der Waals surface area contributed by atoms with Crippen molar-refractivity contribution in [3.63, 3.8) is 0 Å². The molecule has 1 aromatic carbocycles. The molecule has 0 amide bonds. The molecule has 0 aliphatic heterocycles. The fraction of sp³-hybridized carbons (Fsp3) is 0.318. The summed E-state index contributed by atoms with van der Waals surface area (Å²) in [6.45, 7) is 1.03. The number of carboxylic acid groups (broad SMARTS) is 1. The van der Waals surface area contributed by atoms with Gasteiger partial charge in [-0.2, -0.15) is 0 Å². The molecule has 0 aliphatic rings. The Morgan fingerprint density at radius 1 is 1.07 bits per heavy atom. The molecule has 3 heterocycles. The standard InChI is InChI=1S/C22H23NO5S2/c1-26-17(13-27-9-6-20(24)25)12-15-2-4-16(5-3-15)28-14-23-21-18(7-10-29-21)19-8-11-30-22(19)23/h2-5,7-8,10-11,17H,6,9,12-14H2,1H3,(H,24,25). The molecule has 0 saturated carbocycles. The van der Waals surface area contributed by atoms with Crippen LogP contribution in [-0.2, 0) is 27.4 Å². The molecular formula is C22H23NO5S2. The summed E-state index contributed by atoms with van der Waals surface area (Å²) in [5, 5.41) is 15.5. The van der Waals surface area contributed by atoms with Crippen LogP contribution in [0.25, 0.3) is 20.4 Å². The van der Waals surface area contributed by atoms with Crippen LogP contribution in [0.15, 0.2) is 47.2 Å². The lowest BCUT2D eigenvalue weighted by molar-refractivity contribution is -0.138. The maximum atomic E-state index is 10.5. The Kier molecular flexibility index (Phi) is 6.69. The normalized spacial score (nSPS) is 12.6. The first-order chi connectivity index (χ1) is 14.7. The van der Waals surface area contributed by atoms with E-state index in [4.69, 9.17) is 19.3 Å². The SMILES string of the molecule is COC(COCCC(=O)O)Cc1ccc(OCn2c3sccc3c3ccsc32)cc1. The number of nitrogens with zero attached hydrogens (tertiary/aromatic N) is 1. The molecular weight excluding hydrogens is 422 g/mol. The maximum absolute atomic E-state index is 10.5. The number of rotatable bonds is 11. The minimum Gasteiger partial charge on any atom is -0.481 e. The van der Waals surface area contributed by atoms with E-state index in [1.807, 2.05) is 24.3 Å². The largest absolute Gasteiger partial charge is 0.481 e. The fourth-order valence-electron chi connectivity index (χ4n) is 3.35. The van der Waals surface area contributed by atoms with Crippen molar-refractivity contribution in [2.24, 2.45) is 0 Å². The summed E-state index contributed by atoms with van der Waals surface area (Å²) in [6, 6.07) is 12.3. The van der Waals surface area contributed by atoms with Crippen LogP contribution < -0.4 is 4.74 Å². The fourth-order valence-corrected chi connectivity index (χ4v) is 5.22. The van der Waals surface area contributed by atoms with Crippen LogP contribution in [0.1, 0.15) is 12.0 Å². The van der Waals surface area contributed by atoms with Crippen molar-refractivity contribution in [2.75, 3.05) is 20.3 Å². The van der Waals surface area contributed by atoms with Crippen molar-refractivity contribution in [2.45, 2.75) is 25.7 Å². The summed E-state index contributed by atoms with van der Waals surface area (Å²) in [5.41, 5.74) is 1.11. The highest BCUT2D eigenvalue weighted by Crippen LogP contribution is 2.35. The first-order valence-corrected chi connectivity index (χ1v) is 11.4. The van der Waals surface area contributed by atoms with E-state index in [9.17, 15) is 4.79 Å². The number of carboxylic acids is 1. The van der Waals surface area contributed by atoms with Gasteiger partial charge in [0.15, 0.2) is 6.73 Å². The molecule has 0 bridgehead atoms. The number of benzene rings is 1. The third-order valence-corrected chi connectivity index (χ3v) is 6.79. The van der Waals surface area contributed by atoms with Gasteiger partial charge in [0, 0.05) is 24.3 Å². The van der Waals surface area contributed by atoms with E-state index in [1.165, 1.54) is 20.4 Å². The first kappa shape index (κ1) is 20.9. The summed E-state index contributed by atoms with van der Waals surface area (Å²) in [4.78, 5) is 13.0. The molecule has 0 fully saturated rings. The Bertz CT molecular complexity index is 1060. The molecule has 1 atom stereocenters. The number of aromatic nitrogens is 1. The summed E-state index contributed by atoms with van der Waals surface area (Å²) in [7, 11) is 1.64. The Hall–Kier alpha value is -2.39. The predicted molar refractivity (Wildman–Crippen MR) is 120 cm³/mol. The number of ether oxygens (including phenoxy) is 3. The number of methoxy groups -OCH3 is 1. The molecule has 3 aromatic heterocycles. The third kappa shape index (κ3) is 4.67. The lowest BCUT2D eigenvalue weighted by Crippen LogP contribution is -2.22. The van der Waals surface area contributed by atoms with Crippen LogP contribution in [-0.4, -0.2) is 42.1 Å². The van der Waals surface area contributed by atoms with Crippen LogP contribution in [0.4, 0.5) is 0 Å². The summed E-state index contributed by atoms with van der Waals surface area (Å²) in [6.07, 6.45) is 0.566. The van der Waals surface area contributed by atoms with Crippen LogP contribution >= 0.6 is 22.7 Å². The van der Waals surface area contributed by atoms with Gasteiger partial charge < -0.3 is 19.3 Å². The number of hydrogen-bond acceptors (Lipinski definition) is 6. The molecule has 30 heavy (non-hydrogen) atoms. The lowest BCUT2D eigenvalue weighted by atomic mass is 10.1. The van der Waals surface area contributed by atoms with Gasteiger partial charge in [-0.3, -0.25) is 9.36 Å².